The molecule has 3 amide bonds. The number of anilines is 4. The molecule has 1 spiro atoms. The number of rotatable bonds is 7. The third-order valence-electron chi connectivity index (χ3n) is 15.7. The highest BCUT2D eigenvalue weighted by Gasteiger charge is 2.41. The van der Waals surface area contributed by atoms with Gasteiger partial charge >= 0.3 is 0 Å². The summed E-state index contributed by atoms with van der Waals surface area (Å²) in [5, 5.41) is 17.3. The van der Waals surface area contributed by atoms with Gasteiger partial charge in [0, 0.05) is 87.6 Å². The Morgan fingerprint density at radius 3 is 2.36 bits per heavy atom. The van der Waals surface area contributed by atoms with E-state index >= 15 is 0 Å². The smallest absolute Gasteiger partial charge is 0.278 e. The average Bonchev–Trinajstić information content (AvgIpc) is 3.81. The van der Waals surface area contributed by atoms with Gasteiger partial charge in [0.1, 0.15) is 17.0 Å². The van der Waals surface area contributed by atoms with Gasteiger partial charge in [-0.05, 0) is 130 Å². The number of nitrogens with one attached hydrogen (secondary N) is 2. The van der Waals surface area contributed by atoms with Crippen molar-refractivity contribution in [2.75, 3.05) is 60.9 Å². The summed E-state index contributed by atoms with van der Waals surface area (Å²) < 4.78 is 3.34. The Labute approximate surface area is 389 Å². The fraction of sp³-hybridized carbons (Fsp3) is 0.471. The van der Waals surface area contributed by atoms with Crippen molar-refractivity contribution in [2.24, 2.45) is 11.3 Å². The van der Waals surface area contributed by atoms with Gasteiger partial charge in [-0.25, -0.2) is 19.3 Å². The number of piperazine rings is 1. The van der Waals surface area contributed by atoms with Crippen molar-refractivity contribution >= 4 is 51.8 Å². The van der Waals surface area contributed by atoms with Crippen LogP contribution in [-0.2, 0) is 28.3 Å². The Bertz CT molecular complexity index is 2810. The Morgan fingerprint density at radius 2 is 1.58 bits per heavy atom. The second-order valence-electron chi connectivity index (χ2n) is 19.9. The molecule has 1 aliphatic carbocycles. The Balaban J connectivity index is 0.658. The van der Waals surface area contributed by atoms with Crippen LogP contribution >= 0.6 is 0 Å². The lowest BCUT2D eigenvalue weighted by molar-refractivity contribution is -0.136. The second kappa shape index (κ2) is 17.4. The van der Waals surface area contributed by atoms with Crippen LogP contribution in [0.5, 0.6) is 0 Å². The molecule has 6 aliphatic rings. The molecule has 0 radical (unpaired) electrons. The maximum atomic E-state index is 13.6. The van der Waals surface area contributed by atoms with Gasteiger partial charge in [-0.15, -0.1) is 0 Å². The first-order valence-electron chi connectivity index (χ1n) is 24.2. The van der Waals surface area contributed by atoms with Crippen molar-refractivity contribution in [3.05, 3.63) is 106 Å². The molecule has 5 aromatic rings. The zero-order valence-corrected chi connectivity index (χ0v) is 38.2. The van der Waals surface area contributed by atoms with Gasteiger partial charge in [-0.3, -0.25) is 29.4 Å². The van der Waals surface area contributed by atoms with Crippen LogP contribution in [0.25, 0.3) is 16.9 Å². The number of nitrogens with zero attached hydrogens (tertiary/aromatic N) is 9. The summed E-state index contributed by atoms with van der Waals surface area (Å²) in [6.07, 6.45) is 14.8. The number of aromatic nitrogens is 5. The number of pyridine rings is 1. The normalized spacial score (nSPS) is 24.1. The maximum absolute atomic E-state index is 13.6. The number of carbonyl (C=O) groups is 3. The van der Waals surface area contributed by atoms with E-state index in [-0.39, 0.29) is 29.7 Å². The molecule has 1 saturated carbocycles. The molecule has 1 unspecified atom stereocenters. The van der Waals surface area contributed by atoms with Crippen LogP contribution in [0.15, 0.2) is 83.8 Å². The first-order chi connectivity index (χ1) is 32.5. The molecule has 11 rings (SSSR count). The number of amides is 3. The van der Waals surface area contributed by atoms with Crippen molar-refractivity contribution in [2.45, 2.75) is 95.9 Å². The van der Waals surface area contributed by atoms with Crippen LogP contribution in [0, 0.1) is 11.3 Å². The summed E-state index contributed by atoms with van der Waals surface area (Å²) in [4.78, 5) is 74.6. The highest BCUT2D eigenvalue weighted by atomic mass is 16.3. The van der Waals surface area contributed by atoms with Crippen molar-refractivity contribution in [3.63, 3.8) is 0 Å². The maximum Gasteiger partial charge on any atom is 0.278 e. The number of benzene rings is 2. The van der Waals surface area contributed by atoms with Crippen molar-refractivity contribution < 1.29 is 19.5 Å². The van der Waals surface area contributed by atoms with Gasteiger partial charge in [0.05, 0.1) is 12.2 Å². The first kappa shape index (κ1) is 43.2. The summed E-state index contributed by atoms with van der Waals surface area (Å²) in [7, 11) is 0. The van der Waals surface area contributed by atoms with Crippen LogP contribution in [0.2, 0.25) is 0 Å². The van der Waals surface area contributed by atoms with E-state index in [1.165, 1.54) is 50.8 Å². The van der Waals surface area contributed by atoms with Gasteiger partial charge in [-0.1, -0.05) is 24.3 Å². The van der Waals surface area contributed by atoms with E-state index in [2.05, 4.69) is 60.6 Å². The minimum atomic E-state index is -1.12. The van der Waals surface area contributed by atoms with Gasteiger partial charge in [-0.2, -0.15) is 4.98 Å². The van der Waals surface area contributed by atoms with E-state index in [1.807, 2.05) is 42.5 Å². The van der Waals surface area contributed by atoms with Crippen LogP contribution in [0.4, 0.5) is 23.0 Å². The number of fused-ring (bicyclic) bond motifs is 7. The molecule has 3 N–H and O–H groups in total. The van der Waals surface area contributed by atoms with Crippen LogP contribution in [-0.4, -0.2) is 109 Å². The molecule has 4 fully saturated rings. The fourth-order valence-electron chi connectivity index (χ4n) is 11.5. The number of piperidine rings is 2. The Kier molecular flexibility index (Phi) is 11.2. The van der Waals surface area contributed by atoms with Crippen LogP contribution in [0.3, 0.4) is 0 Å². The van der Waals surface area contributed by atoms with E-state index in [0.717, 1.165) is 62.1 Å². The Hall–Kier alpha value is -6.39. The molecule has 2 atom stereocenters. The molecule has 2 bridgehead atoms. The fourth-order valence-corrected chi connectivity index (χ4v) is 11.5. The highest BCUT2D eigenvalue weighted by molar-refractivity contribution is 6.05. The topological polar surface area (TPSA) is 174 Å². The van der Waals surface area contributed by atoms with E-state index in [0.29, 0.717) is 71.8 Å². The highest BCUT2D eigenvalue weighted by Crippen LogP contribution is 2.47. The minimum absolute atomic E-state index is 0.111. The summed E-state index contributed by atoms with van der Waals surface area (Å²) in [6, 6.07) is 19.5. The molecule has 348 valence electrons. The van der Waals surface area contributed by atoms with E-state index in [4.69, 9.17) is 9.97 Å². The molecule has 16 heteroatoms. The van der Waals surface area contributed by atoms with E-state index in [9.17, 15) is 24.3 Å². The summed E-state index contributed by atoms with van der Waals surface area (Å²) in [5.74, 6) is 0.861. The van der Waals surface area contributed by atoms with E-state index in [1.54, 1.807) is 27.4 Å². The Morgan fingerprint density at radius 1 is 0.821 bits per heavy atom. The number of hydrogen-bond acceptors (Lipinski definition) is 12. The lowest BCUT2D eigenvalue weighted by atomic mass is 9.65. The quantitative estimate of drug-likeness (QED) is 0.136. The standard InChI is InChI=1S/C51H59N11O5/c1-50(67)18-3-2-4-23-61-48(66)40-31-52-49(56-45(40)62(61)43-7-5-6-42(50)54-43)53-36-9-12-37(13-10-36)59-28-26-57(27-29-59)32-34-16-19-51(20-17-34)21-24-58(25-22-51)38-11-8-35-33-60(47(65)39(35)30-38)41-14-15-44(63)55-46(41)64/h2,4-13,30-31,34,41,67H,3,14-29,32-33H2,1H3,(H,52,53,56)(H,55,63,64)/b4-2-/t41?,50-/m1/s1. The molecule has 2 aromatic carbocycles. The molecule has 67 heavy (non-hydrogen) atoms. The molecule has 8 heterocycles. The number of aliphatic hydroxyl groups is 1. The monoisotopic (exact) mass is 905 g/mol. The molecule has 5 aliphatic heterocycles. The predicted octanol–water partition coefficient (Wildman–Crippen LogP) is 5.64. The summed E-state index contributed by atoms with van der Waals surface area (Å²) in [5.41, 5.74) is 4.83. The van der Waals surface area contributed by atoms with Crippen molar-refractivity contribution in [1.29, 1.82) is 0 Å². The zero-order chi connectivity index (χ0) is 45.9. The largest absolute Gasteiger partial charge is 0.384 e. The lowest BCUT2D eigenvalue weighted by Gasteiger charge is -2.47. The number of hydrogen-bond donors (Lipinski definition) is 3. The molecule has 3 saturated heterocycles. The molecular formula is C51H59N11O5. The first-order valence-corrected chi connectivity index (χ1v) is 24.2. The predicted molar refractivity (Wildman–Crippen MR) is 256 cm³/mol. The summed E-state index contributed by atoms with van der Waals surface area (Å²) in [6.45, 7) is 9.73. The third-order valence-corrected chi connectivity index (χ3v) is 15.7. The van der Waals surface area contributed by atoms with E-state index < -0.39 is 11.6 Å². The SMILES string of the molecule is C[C@@]1(O)CC/C=C\Cn2c(=O)c3cnc(Nc4ccc(N5CCN(CC6CCC7(CC6)CCN(c6ccc8c(c6)C(=O)N(C6CCC(=O)NC6=O)C8)CC7)CC5)cc4)nc3n2-c2cccc1n2. The van der Waals surface area contributed by atoms with Gasteiger partial charge in [0.15, 0.2) is 11.5 Å². The molecule has 16 nitrogen and oxygen atoms in total. The zero-order valence-electron chi connectivity index (χ0n) is 38.2. The van der Waals surface area contributed by atoms with Crippen molar-refractivity contribution in [3.8, 4) is 5.82 Å². The number of carbonyl (C=O) groups excluding carboxylic acids is 3. The summed E-state index contributed by atoms with van der Waals surface area (Å²) >= 11 is 0. The van der Waals surface area contributed by atoms with Gasteiger partial charge < -0.3 is 25.1 Å². The van der Waals surface area contributed by atoms with Crippen molar-refractivity contribution in [1.82, 2.24) is 39.4 Å². The minimum Gasteiger partial charge on any atom is -0.384 e. The second-order valence-corrected chi connectivity index (χ2v) is 19.9. The van der Waals surface area contributed by atoms with Gasteiger partial charge in [0.25, 0.3) is 11.5 Å². The number of allylic oxidation sites excluding steroid dienone is 2. The third kappa shape index (κ3) is 8.38. The molecule has 3 aromatic heterocycles. The van der Waals surface area contributed by atoms with Crippen LogP contribution in [0.1, 0.15) is 92.7 Å². The lowest BCUT2D eigenvalue weighted by Crippen LogP contribution is -2.52. The van der Waals surface area contributed by atoms with Crippen LogP contribution < -0.4 is 26.0 Å². The van der Waals surface area contributed by atoms with Gasteiger partial charge in [0.2, 0.25) is 17.8 Å². The number of imide groups is 1. The molecular weight excluding hydrogens is 847 g/mol. The average molecular weight is 906 g/mol.